The number of hydrogen-bond donors (Lipinski definition) is 1. The third kappa shape index (κ3) is 6.50. The number of nitrogens with zero attached hydrogens (tertiary/aromatic N) is 2. The van der Waals surface area contributed by atoms with Gasteiger partial charge < -0.3 is 10.6 Å². The van der Waals surface area contributed by atoms with Crippen molar-refractivity contribution in [2.24, 2.45) is 5.73 Å². The molecule has 6 heteroatoms. The van der Waals surface area contributed by atoms with Gasteiger partial charge in [-0.3, -0.25) is 4.79 Å². The Hall–Kier alpha value is -0.910. The minimum atomic E-state index is 0. The van der Waals surface area contributed by atoms with Gasteiger partial charge in [-0.25, -0.2) is 4.98 Å². The number of aromatic nitrogens is 1. The summed E-state index contributed by atoms with van der Waals surface area (Å²) in [6.07, 6.45) is 7.01. The van der Waals surface area contributed by atoms with Gasteiger partial charge in [0.2, 0.25) is 0 Å². The Morgan fingerprint density at radius 1 is 1.50 bits per heavy atom. The molecule has 1 rings (SSSR count). The van der Waals surface area contributed by atoms with E-state index >= 15 is 0 Å². The fraction of sp³-hybridized carbons (Fsp3) is 0.571. The smallest absolute Gasteiger partial charge is 0.273 e. The van der Waals surface area contributed by atoms with Gasteiger partial charge in [-0.15, -0.1) is 30.3 Å². The summed E-state index contributed by atoms with van der Waals surface area (Å²) in [6, 6.07) is 0. The zero-order valence-electron chi connectivity index (χ0n) is 12.0. The lowest BCUT2D eigenvalue weighted by Gasteiger charge is -2.15. The van der Waals surface area contributed by atoms with Crippen molar-refractivity contribution in [1.29, 1.82) is 0 Å². The molecule has 0 atom stereocenters. The van der Waals surface area contributed by atoms with E-state index in [-0.39, 0.29) is 18.3 Å². The van der Waals surface area contributed by atoms with Crippen molar-refractivity contribution in [3.63, 3.8) is 0 Å². The Kier molecular flexibility index (Phi) is 10.3. The molecule has 0 radical (unpaired) electrons. The van der Waals surface area contributed by atoms with Crippen molar-refractivity contribution >= 4 is 29.7 Å². The monoisotopic (exact) mass is 317 g/mol. The molecule has 0 aromatic carbocycles. The van der Waals surface area contributed by atoms with E-state index in [1.807, 2.05) is 18.5 Å². The normalized spacial score (nSPS) is 9.90. The number of carbonyl (C=O) groups is 1. The summed E-state index contributed by atoms with van der Waals surface area (Å²) in [7, 11) is 1.83. The van der Waals surface area contributed by atoms with Crippen LogP contribution in [0.3, 0.4) is 0 Å². The van der Waals surface area contributed by atoms with E-state index in [0.29, 0.717) is 12.2 Å². The highest BCUT2D eigenvalue weighted by atomic mass is 35.5. The Morgan fingerprint density at radius 3 is 2.90 bits per heavy atom. The highest BCUT2D eigenvalue weighted by Crippen LogP contribution is 2.12. The zero-order valence-corrected chi connectivity index (χ0v) is 13.6. The summed E-state index contributed by atoms with van der Waals surface area (Å²) < 4.78 is 0. The van der Waals surface area contributed by atoms with E-state index in [4.69, 9.17) is 5.73 Å². The van der Waals surface area contributed by atoms with Crippen LogP contribution in [-0.4, -0.2) is 35.9 Å². The van der Waals surface area contributed by atoms with Crippen LogP contribution < -0.4 is 5.73 Å². The Labute approximate surface area is 131 Å². The van der Waals surface area contributed by atoms with Gasteiger partial charge in [-0.1, -0.05) is 12.5 Å². The van der Waals surface area contributed by atoms with Crippen molar-refractivity contribution in [1.82, 2.24) is 9.88 Å². The Morgan fingerprint density at radius 2 is 2.25 bits per heavy atom. The summed E-state index contributed by atoms with van der Waals surface area (Å²) >= 11 is 1.51. The second-order valence-electron chi connectivity index (χ2n) is 4.53. The topological polar surface area (TPSA) is 59.2 Å². The fourth-order valence-electron chi connectivity index (χ4n) is 1.76. The van der Waals surface area contributed by atoms with Crippen LogP contribution in [-0.2, 0) is 6.42 Å². The van der Waals surface area contributed by atoms with Gasteiger partial charge in [-0.2, -0.15) is 0 Å². The van der Waals surface area contributed by atoms with E-state index in [1.54, 1.807) is 4.90 Å². The lowest BCUT2D eigenvalue weighted by molar-refractivity contribution is 0.0787. The number of hydrogen-bond acceptors (Lipinski definition) is 4. The van der Waals surface area contributed by atoms with Gasteiger partial charge >= 0.3 is 0 Å². The molecular weight excluding hydrogens is 294 g/mol. The Balaban J connectivity index is 0.00000361. The molecule has 0 saturated carbocycles. The number of thiazole rings is 1. The van der Waals surface area contributed by atoms with E-state index in [9.17, 15) is 4.79 Å². The second-order valence-corrected chi connectivity index (χ2v) is 5.47. The van der Waals surface area contributed by atoms with E-state index in [2.05, 4.69) is 11.6 Å². The molecule has 0 bridgehead atoms. The lowest BCUT2D eigenvalue weighted by Crippen LogP contribution is -2.28. The summed E-state index contributed by atoms with van der Waals surface area (Å²) in [5, 5.41) is 2.76. The molecule has 4 nitrogen and oxygen atoms in total. The zero-order chi connectivity index (χ0) is 14.1. The number of amides is 1. The maximum Gasteiger partial charge on any atom is 0.273 e. The number of halogens is 1. The van der Waals surface area contributed by atoms with Gasteiger partial charge in [-0.05, 0) is 25.8 Å². The standard InChI is InChI=1S/C14H23N3OS.ClH/c1-3-4-5-6-7-10-17(2)14(18)12-11-19-13(16-12)8-9-15;/h3,11H,1,4-10,15H2,2H3;1H. The van der Waals surface area contributed by atoms with Crippen molar-refractivity contribution in [2.45, 2.75) is 32.1 Å². The third-order valence-electron chi connectivity index (χ3n) is 2.88. The number of rotatable bonds is 9. The summed E-state index contributed by atoms with van der Waals surface area (Å²) in [4.78, 5) is 18.2. The molecule has 1 aromatic rings. The molecule has 0 aliphatic carbocycles. The molecule has 0 spiro atoms. The first kappa shape index (κ1) is 19.1. The maximum absolute atomic E-state index is 12.1. The van der Waals surface area contributed by atoms with Crippen LogP contribution in [0.5, 0.6) is 0 Å². The SMILES string of the molecule is C=CCCCCCN(C)C(=O)c1csc(CCN)n1.Cl. The van der Waals surface area contributed by atoms with Crippen LogP contribution in [0.1, 0.15) is 41.2 Å². The molecule has 0 aliphatic heterocycles. The van der Waals surface area contributed by atoms with Gasteiger partial charge in [0.05, 0.1) is 5.01 Å². The lowest BCUT2D eigenvalue weighted by atomic mass is 10.2. The van der Waals surface area contributed by atoms with Gasteiger partial charge in [0.1, 0.15) is 5.69 Å². The molecule has 114 valence electrons. The fourth-order valence-corrected chi connectivity index (χ4v) is 2.55. The molecule has 20 heavy (non-hydrogen) atoms. The van der Waals surface area contributed by atoms with Crippen LogP contribution >= 0.6 is 23.7 Å². The average molecular weight is 318 g/mol. The van der Waals surface area contributed by atoms with E-state index < -0.39 is 0 Å². The molecule has 0 saturated heterocycles. The first-order chi connectivity index (χ1) is 9.19. The number of unbranched alkanes of at least 4 members (excludes halogenated alkanes) is 3. The third-order valence-corrected chi connectivity index (χ3v) is 3.79. The maximum atomic E-state index is 12.1. The van der Waals surface area contributed by atoms with Crippen LogP contribution in [0, 0.1) is 0 Å². The first-order valence-corrected chi connectivity index (χ1v) is 7.57. The Bertz CT molecular complexity index is 409. The average Bonchev–Trinajstić information content (AvgIpc) is 2.86. The van der Waals surface area contributed by atoms with Gasteiger partial charge in [0.25, 0.3) is 5.91 Å². The van der Waals surface area contributed by atoms with Crippen molar-refractivity contribution in [3.05, 3.63) is 28.7 Å². The van der Waals surface area contributed by atoms with Crippen LogP contribution in [0.25, 0.3) is 0 Å². The molecule has 0 unspecified atom stereocenters. The molecule has 0 aliphatic rings. The highest BCUT2D eigenvalue weighted by molar-refractivity contribution is 7.09. The molecule has 2 N–H and O–H groups in total. The minimum Gasteiger partial charge on any atom is -0.340 e. The van der Waals surface area contributed by atoms with Gasteiger partial charge in [0, 0.05) is 25.4 Å². The van der Waals surface area contributed by atoms with Crippen molar-refractivity contribution in [3.8, 4) is 0 Å². The predicted molar refractivity (Wildman–Crippen MR) is 87.7 cm³/mol. The minimum absolute atomic E-state index is 0. The molecule has 1 aromatic heterocycles. The number of carbonyl (C=O) groups excluding carboxylic acids is 1. The highest BCUT2D eigenvalue weighted by Gasteiger charge is 2.14. The number of nitrogens with two attached hydrogens (primary N) is 1. The molecule has 1 heterocycles. The van der Waals surface area contributed by atoms with Crippen molar-refractivity contribution in [2.75, 3.05) is 20.1 Å². The predicted octanol–water partition coefficient (Wildman–Crippen LogP) is 2.88. The molecule has 0 fully saturated rings. The van der Waals surface area contributed by atoms with Crippen LogP contribution in [0.2, 0.25) is 0 Å². The van der Waals surface area contributed by atoms with Gasteiger partial charge in [0.15, 0.2) is 0 Å². The summed E-state index contributed by atoms with van der Waals surface area (Å²) in [5.74, 6) is 0.00300. The quantitative estimate of drug-likeness (QED) is 0.563. The number of allylic oxidation sites excluding steroid dienone is 1. The van der Waals surface area contributed by atoms with Crippen molar-refractivity contribution < 1.29 is 4.79 Å². The largest absolute Gasteiger partial charge is 0.340 e. The summed E-state index contributed by atoms with van der Waals surface area (Å²) in [6.45, 7) is 5.05. The summed E-state index contributed by atoms with van der Waals surface area (Å²) in [5.41, 5.74) is 6.02. The van der Waals surface area contributed by atoms with E-state index in [1.165, 1.54) is 11.3 Å². The second kappa shape index (κ2) is 10.8. The molecule has 1 amide bonds. The van der Waals surface area contributed by atoms with E-state index in [0.717, 1.165) is 43.7 Å². The first-order valence-electron chi connectivity index (χ1n) is 6.70. The van der Waals surface area contributed by atoms with Crippen LogP contribution in [0.4, 0.5) is 0 Å². The van der Waals surface area contributed by atoms with Crippen LogP contribution in [0.15, 0.2) is 18.0 Å². The molecular formula is C14H24ClN3OS.